The van der Waals surface area contributed by atoms with Gasteiger partial charge in [0.05, 0.1) is 16.7 Å². The second kappa shape index (κ2) is 14.1. The third-order valence-electron chi connectivity index (χ3n) is 11.6. The van der Waals surface area contributed by atoms with Gasteiger partial charge >= 0.3 is 0 Å². The number of hydrogen-bond donors (Lipinski definition) is 0. The van der Waals surface area contributed by atoms with Crippen molar-refractivity contribution in [2.24, 2.45) is 0 Å². The Morgan fingerprint density at radius 2 is 0.897 bits per heavy atom. The highest BCUT2D eigenvalue weighted by atomic mass is 15.1. The molecule has 0 fully saturated rings. The second-order valence-electron chi connectivity index (χ2n) is 14.9. The van der Waals surface area contributed by atoms with Gasteiger partial charge in [0.1, 0.15) is 0 Å². The topological polar surface area (TPSA) is 8.17 Å². The van der Waals surface area contributed by atoms with Crippen molar-refractivity contribution >= 4 is 60.4 Å². The Labute approximate surface area is 338 Å². The molecule has 2 heteroatoms. The van der Waals surface area contributed by atoms with Crippen LogP contribution in [0.15, 0.2) is 231 Å². The quantitative estimate of drug-likeness (QED) is 0.158. The first-order valence-electron chi connectivity index (χ1n) is 19.9. The van der Waals surface area contributed by atoms with E-state index in [4.69, 9.17) is 0 Å². The van der Waals surface area contributed by atoms with Crippen molar-refractivity contribution in [3.05, 3.63) is 231 Å². The van der Waals surface area contributed by atoms with Crippen LogP contribution < -0.4 is 4.90 Å². The van der Waals surface area contributed by atoms with Gasteiger partial charge in [0.2, 0.25) is 0 Å². The number of fused-ring (bicyclic) bond motifs is 5. The Morgan fingerprint density at radius 1 is 0.310 bits per heavy atom. The van der Waals surface area contributed by atoms with Crippen LogP contribution in [0.3, 0.4) is 0 Å². The third-order valence-corrected chi connectivity index (χ3v) is 11.6. The van der Waals surface area contributed by atoms with E-state index in [1.807, 2.05) is 0 Å². The summed E-state index contributed by atoms with van der Waals surface area (Å²) in [5, 5.41) is 7.41. The summed E-state index contributed by atoms with van der Waals surface area (Å²) >= 11 is 0. The molecule has 272 valence electrons. The summed E-state index contributed by atoms with van der Waals surface area (Å²) in [7, 11) is 0. The Kier molecular flexibility index (Phi) is 8.19. The molecule has 0 saturated carbocycles. The van der Waals surface area contributed by atoms with Gasteiger partial charge in [-0.25, -0.2) is 0 Å². The van der Waals surface area contributed by atoms with E-state index in [1.54, 1.807) is 0 Å². The zero-order valence-corrected chi connectivity index (χ0v) is 31.8. The van der Waals surface area contributed by atoms with Crippen molar-refractivity contribution in [2.75, 3.05) is 4.90 Å². The van der Waals surface area contributed by atoms with Gasteiger partial charge in [-0.2, -0.15) is 0 Å². The molecule has 0 atom stereocenters. The molecular formula is C56H38N2. The molecule has 0 radical (unpaired) electrons. The van der Waals surface area contributed by atoms with Crippen LogP contribution >= 0.6 is 0 Å². The van der Waals surface area contributed by atoms with Crippen LogP contribution in [0.2, 0.25) is 0 Å². The molecule has 0 aliphatic carbocycles. The Hall–Kier alpha value is -7.68. The summed E-state index contributed by atoms with van der Waals surface area (Å²) in [5.74, 6) is 0. The first-order valence-corrected chi connectivity index (χ1v) is 19.9. The van der Waals surface area contributed by atoms with Crippen LogP contribution in [0.1, 0.15) is 0 Å². The summed E-state index contributed by atoms with van der Waals surface area (Å²) in [4.78, 5) is 2.45. The standard InChI is InChI=1S/C56H38N2/c1-2-15-39(16-3-1)43-21-12-22-47(38-43)57(45-33-35-46(36-34-45)58-53-28-10-8-24-50(53)51-25-9-11-29-54(51)58)55-30-14-27-52(49-26-13-20-41-18-6-7-23-48(41)49)56(55)44-32-31-40-17-4-5-19-42(40)37-44/h1-38H. The lowest BCUT2D eigenvalue weighted by atomic mass is 9.89. The van der Waals surface area contributed by atoms with Crippen molar-refractivity contribution in [3.63, 3.8) is 0 Å². The number of rotatable bonds is 7. The Morgan fingerprint density at radius 3 is 1.67 bits per heavy atom. The van der Waals surface area contributed by atoms with Crippen molar-refractivity contribution < 1.29 is 0 Å². The molecule has 0 saturated heterocycles. The summed E-state index contributed by atoms with van der Waals surface area (Å²) in [5.41, 5.74) is 13.9. The Bertz CT molecular complexity index is 3220. The molecule has 1 aromatic heterocycles. The summed E-state index contributed by atoms with van der Waals surface area (Å²) in [6, 6.07) is 83.9. The van der Waals surface area contributed by atoms with Crippen LogP contribution in [-0.4, -0.2) is 4.57 Å². The van der Waals surface area contributed by atoms with Gasteiger partial charge in [-0.1, -0.05) is 170 Å². The molecule has 0 bridgehead atoms. The average molecular weight is 739 g/mol. The van der Waals surface area contributed by atoms with Crippen molar-refractivity contribution in [1.29, 1.82) is 0 Å². The van der Waals surface area contributed by atoms with Crippen molar-refractivity contribution in [2.45, 2.75) is 0 Å². The average Bonchev–Trinajstić information content (AvgIpc) is 3.64. The minimum Gasteiger partial charge on any atom is -0.310 e. The smallest absolute Gasteiger partial charge is 0.0546 e. The largest absolute Gasteiger partial charge is 0.310 e. The highest BCUT2D eigenvalue weighted by molar-refractivity contribution is 6.09. The number of nitrogens with zero attached hydrogens (tertiary/aromatic N) is 2. The molecule has 0 aliphatic rings. The van der Waals surface area contributed by atoms with Gasteiger partial charge in [0.25, 0.3) is 0 Å². The van der Waals surface area contributed by atoms with Gasteiger partial charge in [0, 0.05) is 33.4 Å². The van der Waals surface area contributed by atoms with Crippen LogP contribution in [0.4, 0.5) is 17.1 Å². The maximum absolute atomic E-state index is 2.45. The van der Waals surface area contributed by atoms with E-state index in [0.717, 1.165) is 22.7 Å². The van der Waals surface area contributed by atoms with E-state index < -0.39 is 0 Å². The lowest BCUT2D eigenvalue weighted by Crippen LogP contribution is -2.12. The fourth-order valence-corrected chi connectivity index (χ4v) is 8.89. The van der Waals surface area contributed by atoms with Crippen LogP contribution in [0, 0.1) is 0 Å². The van der Waals surface area contributed by atoms with Crippen LogP contribution in [0.5, 0.6) is 0 Å². The normalized spacial score (nSPS) is 11.4. The number of hydrogen-bond acceptors (Lipinski definition) is 1. The molecule has 0 amide bonds. The van der Waals surface area contributed by atoms with Gasteiger partial charge in [0.15, 0.2) is 0 Å². The maximum Gasteiger partial charge on any atom is 0.0546 e. The molecular weight excluding hydrogens is 701 g/mol. The molecule has 0 spiro atoms. The van der Waals surface area contributed by atoms with Crippen molar-refractivity contribution in [3.8, 4) is 39.1 Å². The maximum atomic E-state index is 2.45. The van der Waals surface area contributed by atoms with Crippen molar-refractivity contribution in [1.82, 2.24) is 4.57 Å². The minimum atomic E-state index is 1.08. The van der Waals surface area contributed by atoms with E-state index in [0.29, 0.717) is 0 Å². The monoisotopic (exact) mass is 738 g/mol. The number of anilines is 3. The number of para-hydroxylation sites is 2. The first kappa shape index (κ1) is 33.6. The fraction of sp³-hybridized carbons (Fsp3) is 0. The lowest BCUT2D eigenvalue weighted by molar-refractivity contribution is 1.17. The van der Waals surface area contributed by atoms with E-state index in [-0.39, 0.29) is 0 Å². The Balaban J connectivity index is 1.17. The van der Waals surface area contributed by atoms with E-state index in [1.165, 1.54) is 76.7 Å². The molecule has 11 rings (SSSR count). The van der Waals surface area contributed by atoms with Gasteiger partial charge in [-0.05, 0) is 110 Å². The van der Waals surface area contributed by atoms with Crippen LogP contribution in [-0.2, 0) is 0 Å². The third kappa shape index (κ3) is 5.74. The van der Waals surface area contributed by atoms with Crippen LogP contribution in [0.25, 0.3) is 82.4 Å². The van der Waals surface area contributed by atoms with E-state index >= 15 is 0 Å². The zero-order chi connectivity index (χ0) is 38.4. The van der Waals surface area contributed by atoms with Gasteiger partial charge in [-0.15, -0.1) is 0 Å². The summed E-state index contributed by atoms with van der Waals surface area (Å²) in [6.07, 6.45) is 0. The van der Waals surface area contributed by atoms with Gasteiger partial charge < -0.3 is 9.47 Å². The molecule has 0 N–H and O–H groups in total. The lowest BCUT2D eigenvalue weighted by Gasteiger charge is -2.30. The highest BCUT2D eigenvalue weighted by Gasteiger charge is 2.23. The van der Waals surface area contributed by atoms with E-state index in [9.17, 15) is 0 Å². The molecule has 0 aliphatic heterocycles. The molecule has 0 unspecified atom stereocenters. The molecule has 11 aromatic rings. The first-order chi connectivity index (χ1) is 28.8. The predicted molar refractivity (Wildman–Crippen MR) is 247 cm³/mol. The molecule has 10 aromatic carbocycles. The zero-order valence-electron chi connectivity index (χ0n) is 31.8. The molecule has 58 heavy (non-hydrogen) atoms. The fourth-order valence-electron chi connectivity index (χ4n) is 8.89. The summed E-state index contributed by atoms with van der Waals surface area (Å²) < 4.78 is 2.39. The molecule has 2 nitrogen and oxygen atoms in total. The van der Waals surface area contributed by atoms with E-state index in [2.05, 4.69) is 240 Å². The van der Waals surface area contributed by atoms with Gasteiger partial charge in [-0.3, -0.25) is 0 Å². The SMILES string of the molecule is c1ccc(-c2cccc(N(c3ccc(-n4c5ccccc5c5ccccc54)cc3)c3cccc(-c4cccc5ccccc45)c3-c3ccc4ccccc4c3)c2)cc1. The number of aromatic nitrogens is 1. The molecule has 1 heterocycles. The predicted octanol–water partition coefficient (Wildman–Crippen LogP) is 15.6. The minimum absolute atomic E-state index is 1.08. The summed E-state index contributed by atoms with van der Waals surface area (Å²) in [6.45, 7) is 0. The second-order valence-corrected chi connectivity index (χ2v) is 14.9. The highest BCUT2D eigenvalue weighted by Crippen LogP contribution is 2.48. The number of benzene rings is 10.